The van der Waals surface area contributed by atoms with Crippen LogP contribution in [0, 0.1) is 0 Å². The topological polar surface area (TPSA) is 84.5 Å². The molecular formula is C22H22N2O4S. The maximum absolute atomic E-state index is 12.6. The van der Waals surface area contributed by atoms with E-state index >= 15 is 0 Å². The maximum Gasteiger partial charge on any atom is 0.255 e. The lowest BCUT2D eigenvalue weighted by Gasteiger charge is -2.12. The molecule has 150 valence electrons. The number of nitrogens with one attached hydrogen (secondary N) is 2. The smallest absolute Gasteiger partial charge is 0.255 e. The largest absolute Gasteiger partial charge is 0.496 e. The molecule has 0 saturated carbocycles. The molecule has 0 fully saturated rings. The van der Waals surface area contributed by atoms with Crippen LogP contribution in [0.4, 0.5) is 11.4 Å². The predicted octanol–water partition coefficient (Wildman–Crippen LogP) is 3.91. The Morgan fingerprint density at radius 3 is 2.21 bits per heavy atom. The van der Waals surface area contributed by atoms with Crippen LogP contribution in [0.5, 0.6) is 5.75 Å². The van der Waals surface area contributed by atoms with Crippen molar-refractivity contribution in [3.05, 3.63) is 89.5 Å². The van der Waals surface area contributed by atoms with Crippen LogP contribution in [0.25, 0.3) is 0 Å². The molecule has 0 aliphatic carbocycles. The van der Waals surface area contributed by atoms with Crippen LogP contribution in [0.2, 0.25) is 0 Å². The van der Waals surface area contributed by atoms with Crippen molar-refractivity contribution in [3.63, 3.8) is 0 Å². The Kier molecular flexibility index (Phi) is 6.19. The minimum Gasteiger partial charge on any atom is -0.496 e. The van der Waals surface area contributed by atoms with Crippen molar-refractivity contribution < 1.29 is 17.9 Å². The number of carbonyl (C=O) groups excluding carboxylic acids is 1. The van der Waals surface area contributed by atoms with E-state index in [1.807, 2.05) is 42.5 Å². The lowest BCUT2D eigenvalue weighted by Crippen LogP contribution is -2.13. The Morgan fingerprint density at radius 1 is 0.931 bits per heavy atom. The Hall–Kier alpha value is -3.32. The second kappa shape index (κ2) is 8.79. The highest BCUT2D eigenvalue weighted by Crippen LogP contribution is 2.25. The summed E-state index contributed by atoms with van der Waals surface area (Å²) in [5.41, 5.74) is 3.58. The maximum atomic E-state index is 12.6. The third-order valence-corrected chi connectivity index (χ3v) is 4.83. The van der Waals surface area contributed by atoms with E-state index in [0.29, 0.717) is 23.4 Å². The molecule has 0 aromatic heterocycles. The minimum absolute atomic E-state index is 0.285. The molecular weight excluding hydrogens is 388 g/mol. The average molecular weight is 410 g/mol. The van der Waals surface area contributed by atoms with Gasteiger partial charge in [-0.2, -0.15) is 0 Å². The Balaban J connectivity index is 1.75. The fraction of sp³-hybridized carbons (Fsp3) is 0.136. The van der Waals surface area contributed by atoms with Gasteiger partial charge in [-0.1, -0.05) is 30.3 Å². The number of hydrogen-bond acceptors (Lipinski definition) is 4. The third kappa shape index (κ3) is 5.83. The van der Waals surface area contributed by atoms with Gasteiger partial charge in [0.25, 0.3) is 5.91 Å². The van der Waals surface area contributed by atoms with Gasteiger partial charge in [0.1, 0.15) is 5.75 Å². The highest BCUT2D eigenvalue weighted by Gasteiger charge is 2.10. The fourth-order valence-electron chi connectivity index (χ4n) is 2.92. The Bertz CT molecular complexity index is 1100. The van der Waals surface area contributed by atoms with Crippen molar-refractivity contribution in [3.8, 4) is 5.75 Å². The summed E-state index contributed by atoms with van der Waals surface area (Å²) in [5, 5.41) is 2.87. The first kappa shape index (κ1) is 20.4. The van der Waals surface area contributed by atoms with Crippen LogP contribution < -0.4 is 14.8 Å². The molecule has 0 radical (unpaired) electrons. The molecule has 0 aliphatic rings. The molecule has 0 bridgehead atoms. The van der Waals surface area contributed by atoms with Crippen LogP contribution in [0.3, 0.4) is 0 Å². The summed E-state index contributed by atoms with van der Waals surface area (Å²) in [6.07, 6.45) is 1.75. The normalized spacial score (nSPS) is 11.0. The van der Waals surface area contributed by atoms with Gasteiger partial charge in [-0.3, -0.25) is 9.52 Å². The highest BCUT2D eigenvalue weighted by atomic mass is 32.2. The molecule has 0 aliphatic heterocycles. The summed E-state index contributed by atoms with van der Waals surface area (Å²) in [5.74, 6) is 0.467. The van der Waals surface area contributed by atoms with E-state index in [-0.39, 0.29) is 5.91 Å². The Labute approximate surface area is 170 Å². The van der Waals surface area contributed by atoms with Crippen molar-refractivity contribution >= 4 is 27.3 Å². The van der Waals surface area contributed by atoms with Crippen LogP contribution in [-0.4, -0.2) is 27.7 Å². The number of ether oxygens (including phenoxy) is 1. The number of anilines is 2. The monoisotopic (exact) mass is 410 g/mol. The van der Waals surface area contributed by atoms with Gasteiger partial charge in [-0.15, -0.1) is 0 Å². The first-order valence-corrected chi connectivity index (χ1v) is 10.8. The summed E-state index contributed by atoms with van der Waals surface area (Å²) >= 11 is 0. The van der Waals surface area contributed by atoms with E-state index in [0.717, 1.165) is 23.1 Å². The number of rotatable bonds is 7. The summed E-state index contributed by atoms with van der Waals surface area (Å²) in [4.78, 5) is 12.6. The standard InChI is InChI=1S/C22H22N2O4S/c1-28-21-13-12-20(15-18(21)14-16-6-4-3-5-7-16)23-22(25)17-8-10-19(11-9-17)24-29(2,26)27/h3-13,15,24H,14H2,1-2H3,(H,23,25). The lowest BCUT2D eigenvalue weighted by atomic mass is 10.0. The van der Waals surface area contributed by atoms with Gasteiger partial charge in [0, 0.05) is 28.9 Å². The zero-order valence-corrected chi connectivity index (χ0v) is 17.0. The van der Waals surface area contributed by atoms with E-state index in [1.165, 1.54) is 0 Å². The molecule has 0 saturated heterocycles. The van der Waals surface area contributed by atoms with E-state index in [1.54, 1.807) is 37.4 Å². The summed E-state index contributed by atoms with van der Waals surface area (Å²) < 4.78 is 30.4. The first-order valence-electron chi connectivity index (χ1n) is 8.94. The van der Waals surface area contributed by atoms with Crippen LogP contribution in [0.15, 0.2) is 72.8 Å². The van der Waals surface area contributed by atoms with Gasteiger partial charge in [0.15, 0.2) is 0 Å². The second-order valence-corrected chi connectivity index (χ2v) is 8.34. The zero-order chi connectivity index (χ0) is 20.9. The van der Waals surface area contributed by atoms with Crippen LogP contribution in [-0.2, 0) is 16.4 Å². The van der Waals surface area contributed by atoms with Crippen molar-refractivity contribution in [1.82, 2.24) is 0 Å². The molecule has 0 spiro atoms. The lowest BCUT2D eigenvalue weighted by molar-refractivity contribution is 0.102. The molecule has 29 heavy (non-hydrogen) atoms. The van der Waals surface area contributed by atoms with E-state index in [2.05, 4.69) is 10.0 Å². The number of hydrogen-bond donors (Lipinski definition) is 2. The molecule has 3 aromatic carbocycles. The number of carbonyl (C=O) groups is 1. The van der Waals surface area contributed by atoms with Crippen molar-refractivity contribution in [2.24, 2.45) is 0 Å². The molecule has 2 N–H and O–H groups in total. The van der Waals surface area contributed by atoms with Crippen molar-refractivity contribution in [2.45, 2.75) is 6.42 Å². The van der Waals surface area contributed by atoms with Crippen molar-refractivity contribution in [2.75, 3.05) is 23.4 Å². The highest BCUT2D eigenvalue weighted by molar-refractivity contribution is 7.92. The summed E-state index contributed by atoms with van der Waals surface area (Å²) in [7, 11) is -1.74. The molecule has 6 nitrogen and oxygen atoms in total. The van der Waals surface area contributed by atoms with Crippen LogP contribution in [0.1, 0.15) is 21.5 Å². The van der Waals surface area contributed by atoms with E-state index < -0.39 is 10.0 Å². The zero-order valence-electron chi connectivity index (χ0n) is 16.2. The number of benzene rings is 3. The first-order chi connectivity index (χ1) is 13.8. The minimum atomic E-state index is -3.36. The summed E-state index contributed by atoms with van der Waals surface area (Å²) in [6, 6.07) is 21.7. The van der Waals surface area contributed by atoms with E-state index in [4.69, 9.17) is 4.74 Å². The summed E-state index contributed by atoms with van der Waals surface area (Å²) in [6.45, 7) is 0. The van der Waals surface area contributed by atoms with Crippen molar-refractivity contribution in [1.29, 1.82) is 0 Å². The van der Waals surface area contributed by atoms with Gasteiger partial charge in [-0.05, 0) is 48.0 Å². The SMILES string of the molecule is COc1ccc(NC(=O)c2ccc(NS(C)(=O)=O)cc2)cc1Cc1ccccc1. The van der Waals surface area contributed by atoms with Gasteiger partial charge in [-0.25, -0.2) is 8.42 Å². The van der Waals surface area contributed by atoms with Crippen LogP contribution >= 0.6 is 0 Å². The second-order valence-electron chi connectivity index (χ2n) is 6.59. The third-order valence-electron chi connectivity index (χ3n) is 4.23. The molecule has 0 heterocycles. The van der Waals surface area contributed by atoms with Gasteiger partial charge in [0.2, 0.25) is 10.0 Å². The van der Waals surface area contributed by atoms with Gasteiger partial charge in [0.05, 0.1) is 13.4 Å². The molecule has 3 rings (SSSR count). The number of methoxy groups -OCH3 is 1. The van der Waals surface area contributed by atoms with Gasteiger partial charge < -0.3 is 10.1 Å². The molecule has 1 amide bonds. The fourth-order valence-corrected chi connectivity index (χ4v) is 3.48. The molecule has 7 heteroatoms. The molecule has 0 atom stereocenters. The molecule has 0 unspecified atom stereocenters. The molecule has 3 aromatic rings. The number of amides is 1. The average Bonchev–Trinajstić information content (AvgIpc) is 2.68. The predicted molar refractivity (Wildman–Crippen MR) is 115 cm³/mol. The quantitative estimate of drug-likeness (QED) is 0.619. The van der Waals surface area contributed by atoms with Gasteiger partial charge >= 0.3 is 0 Å². The van der Waals surface area contributed by atoms with E-state index in [9.17, 15) is 13.2 Å². The Morgan fingerprint density at radius 2 is 1.59 bits per heavy atom. The number of sulfonamides is 1.